The topological polar surface area (TPSA) is 85.6 Å². The average Bonchev–Trinajstić information content (AvgIpc) is 2.38. The van der Waals surface area contributed by atoms with E-state index in [0.29, 0.717) is 25.0 Å². The Morgan fingerprint density at radius 3 is 2.42 bits per heavy atom. The minimum atomic E-state index is -0.492. The first-order valence-electron chi connectivity index (χ1n) is 6.07. The van der Waals surface area contributed by atoms with Crippen molar-refractivity contribution in [3.05, 3.63) is 12.2 Å². The molecule has 0 saturated heterocycles. The maximum Gasteiger partial charge on any atom is 0.333 e. The number of nitriles is 1. The van der Waals surface area contributed by atoms with E-state index in [2.05, 4.69) is 11.3 Å². The maximum absolute atomic E-state index is 11.2. The molecule has 0 unspecified atom stereocenters. The Balaban J connectivity index is 3.38. The van der Waals surface area contributed by atoms with Crippen molar-refractivity contribution in [3.63, 3.8) is 0 Å². The molecule has 0 fully saturated rings. The lowest BCUT2D eigenvalue weighted by Gasteiger charge is -2.06. The fourth-order valence-electron chi connectivity index (χ4n) is 1.15. The van der Waals surface area contributed by atoms with E-state index in [0.717, 1.165) is 12.8 Å². The predicted octanol–water partition coefficient (Wildman–Crippen LogP) is 1.71. The fraction of sp³-hybridized carbons (Fsp3) is 0.615. The van der Waals surface area contributed by atoms with E-state index in [-0.39, 0.29) is 19.2 Å². The second-order valence-electron chi connectivity index (χ2n) is 3.89. The summed E-state index contributed by atoms with van der Waals surface area (Å²) >= 11 is 0. The molecule has 0 aliphatic carbocycles. The molecular formula is C13H19NO5. The number of nitrogens with zero attached hydrogens (tertiary/aromatic N) is 1. The molecule has 6 heteroatoms. The van der Waals surface area contributed by atoms with E-state index in [1.807, 2.05) is 0 Å². The molecule has 0 aliphatic heterocycles. The molecule has 19 heavy (non-hydrogen) atoms. The number of hydrogen-bond donors (Lipinski definition) is 0. The van der Waals surface area contributed by atoms with Gasteiger partial charge in [-0.25, -0.2) is 4.79 Å². The van der Waals surface area contributed by atoms with Gasteiger partial charge in [-0.15, -0.1) is 0 Å². The van der Waals surface area contributed by atoms with E-state index in [1.54, 1.807) is 13.2 Å². The Hall–Kier alpha value is -2.03. The monoisotopic (exact) mass is 269 g/mol. The summed E-state index contributed by atoms with van der Waals surface area (Å²) in [5, 5.41) is 8.12. The summed E-state index contributed by atoms with van der Waals surface area (Å²) in [7, 11) is 0. The van der Waals surface area contributed by atoms with Crippen LogP contribution >= 0.6 is 0 Å². The lowest BCUT2D eigenvalue weighted by molar-refractivity contribution is -0.150. The van der Waals surface area contributed by atoms with Gasteiger partial charge >= 0.3 is 11.9 Å². The van der Waals surface area contributed by atoms with E-state index < -0.39 is 5.97 Å². The zero-order chi connectivity index (χ0) is 14.5. The van der Waals surface area contributed by atoms with Crippen molar-refractivity contribution in [2.45, 2.75) is 32.6 Å². The van der Waals surface area contributed by atoms with E-state index in [4.69, 9.17) is 14.7 Å². The van der Waals surface area contributed by atoms with Crippen molar-refractivity contribution in [2.24, 2.45) is 0 Å². The molecule has 0 aromatic heterocycles. The van der Waals surface area contributed by atoms with Gasteiger partial charge in [-0.2, -0.15) is 5.26 Å². The van der Waals surface area contributed by atoms with Crippen LogP contribution in [0.4, 0.5) is 0 Å². The van der Waals surface area contributed by atoms with Gasteiger partial charge in [0.25, 0.3) is 6.26 Å². The third-order valence-corrected chi connectivity index (χ3v) is 2.12. The molecule has 0 bridgehead atoms. The lowest BCUT2D eigenvalue weighted by Crippen LogP contribution is -2.14. The van der Waals surface area contributed by atoms with Gasteiger partial charge in [0.1, 0.15) is 19.8 Å². The van der Waals surface area contributed by atoms with Crippen LogP contribution in [0.15, 0.2) is 12.2 Å². The van der Waals surface area contributed by atoms with E-state index >= 15 is 0 Å². The molecular weight excluding hydrogens is 250 g/mol. The van der Waals surface area contributed by atoms with Crippen LogP contribution in [0.2, 0.25) is 0 Å². The van der Waals surface area contributed by atoms with Gasteiger partial charge in [-0.05, 0) is 26.2 Å². The summed E-state index contributed by atoms with van der Waals surface area (Å²) in [5.74, 6) is -0.818. The van der Waals surface area contributed by atoms with Crippen molar-refractivity contribution >= 4 is 11.9 Å². The van der Waals surface area contributed by atoms with Crippen LogP contribution in [0, 0.1) is 11.5 Å². The molecule has 0 N–H and O–H groups in total. The molecule has 0 spiro atoms. The molecule has 0 heterocycles. The van der Waals surface area contributed by atoms with Gasteiger partial charge in [0, 0.05) is 12.0 Å². The Bertz CT molecular complexity index is 345. The second kappa shape index (κ2) is 11.1. The number of hydrogen-bond acceptors (Lipinski definition) is 6. The summed E-state index contributed by atoms with van der Waals surface area (Å²) in [6.07, 6.45) is 4.09. The first-order valence-corrected chi connectivity index (χ1v) is 6.07. The van der Waals surface area contributed by atoms with Crippen molar-refractivity contribution in [1.82, 2.24) is 0 Å². The summed E-state index contributed by atoms with van der Waals surface area (Å²) in [6.45, 7) is 5.44. The van der Waals surface area contributed by atoms with E-state index in [9.17, 15) is 9.59 Å². The van der Waals surface area contributed by atoms with Gasteiger partial charge in [0.2, 0.25) is 0 Å². The first-order chi connectivity index (χ1) is 9.07. The highest BCUT2D eigenvalue weighted by molar-refractivity contribution is 5.86. The molecule has 0 aromatic rings. The molecule has 0 aromatic carbocycles. The SMILES string of the molecule is C=C(C)C(=O)OCCOC(=O)CCCCCOC#N. The lowest BCUT2D eigenvalue weighted by atomic mass is 10.2. The number of carbonyl (C=O) groups excluding carboxylic acids is 2. The largest absolute Gasteiger partial charge is 0.462 e. The molecule has 0 atom stereocenters. The highest BCUT2D eigenvalue weighted by atomic mass is 16.6. The smallest absolute Gasteiger partial charge is 0.333 e. The molecule has 0 rings (SSSR count). The molecule has 0 radical (unpaired) electrons. The zero-order valence-electron chi connectivity index (χ0n) is 11.1. The standard InChI is InChI=1S/C13H19NO5/c1-11(2)13(16)19-9-8-18-12(15)6-4-3-5-7-17-10-14/h1,3-9H2,2H3. The van der Waals surface area contributed by atoms with Crippen LogP contribution in [0.25, 0.3) is 0 Å². The van der Waals surface area contributed by atoms with Crippen molar-refractivity contribution in [1.29, 1.82) is 5.26 Å². The Morgan fingerprint density at radius 2 is 1.79 bits per heavy atom. The summed E-state index contributed by atoms with van der Waals surface area (Å²) in [4.78, 5) is 22.2. The molecule has 6 nitrogen and oxygen atoms in total. The summed E-state index contributed by atoms with van der Waals surface area (Å²) in [6, 6.07) is 0. The Kier molecular flexibility index (Phi) is 9.90. The molecule has 0 aliphatic rings. The Labute approximate surface area is 112 Å². The first kappa shape index (κ1) is 17.0. The number of rotatable bonds is 10. The molecule has 0 amide bonds. The maximum atomic E-state index is 11.2. The predicted molar refractivity (Wildman–Crippen MR) is 66.8 cm³/mol. The van der Waals surface area contributed by atoms with Crippen LogP contribution in [0.5, 0.6) is 0 Å². The fourth-order valence-corrected chi connectivity index (χ4v) is 1.15. The second-order valence-corrected chi connectivity index (χ2v) is 3.89. The van der Waals surface area contributed by atoms with Crippen LogP contribution < -0.4 is 0 Å². The normalized spacial score (nSPS) is 9.26. The van der Waals surface area contributed by atoms with Crippen LogP contribution in [-0.4, -0.2) is 31.8 Å². The Morgan fingerprint density at radius 1 is 1.11 bits per heavy atom. The average molecular weight is 269 g/mol. The van der Waals surface area contributed by atoms with Gasteiger partial charge in [-0.1, -0.05) is 6.58 Å². The number of esters is 2. The number of unbranched alkanes of at least 4 members (excludes halogenated alkanes) is 2. The van der Waals surface area contributed by atoms with Crippen molar-refractivity contribution < 1.29 is 23.8 Å². The zero-order valence-corrected chi connectivity index (χ0v) is 11.1. The highest BCUT2D eigenvalue weighted by Gasteiger charge is 2.05. The van der Waals surface area contributed by atoms with Gasteiger partial charge in [-0.3, -0.25) is 4.79 Å². The highest BCUT2D eigenvalue weighted by Crippen LogP contribution is 2.01. The van der Waals surface area contributed by atoms with Gasteiger partial charge < -0.3 is 14.2 Å². The van der Waals surface area contributed by atoms with Crippen LogP contribution in [-0.2, 0) is 23.8 Å². The van der Waals surface area contributed by atoms with Crippen LogP contribution in [0.1, 0.15) is 32.6 Å². The number of carbonyl (C=O) groups is 2. The molecule has 106 valence electrons. The third-order valence-electron chi connectivity index (χ3n) is 2.12. The van der Waals surface area contributed by atoms with Gasteiger partial charge in [0.05, 0.1) is 0 Å². The quantitative estimate of drug-likeness (QED) is 0.260. The third kappa shape index (κ3) is 10.8. The summed E-state index contributed by atoms with van der Waals surface area (Å²) in [5.41, 5.74) is 0.311. The minimum Gasteiger partial charge on any atom is -0.462 e. The molecule has 0 saturated carbocycles. The summed E-state index contributed by atoms with van der Waals surface area (Å²) < 4.78 is 14.1. The number of ether oxygens (including phenoxy) is 3. The van der Waals surface area contributed by atoms with Crippen molar-refractivity contribution in [3.8, 4) is 6.26 Å². The van der Waals surface area contributed by atoms with Crippen molar-refractivity contribution in [2.75, 3.05) is 19.8 Å². The van der Waals surface area contributed by atoms with Gasteiger partial charge in [0.15, 0.2) is 0 Å². The van der Waals surface area contributed by atoms with Crippen LogP contribution in [0.3, 0.4) is 0 Å². The van der Waals surface area contributed by atoms with E-state index in [1.165, 1.54) is 0 Å². The minimum absolute atomic E-state index is 0.0352.